The minimum Gasteiger partial charge on any atom is -0.462 e. The Bertz CT molecular complexity index is 1680. The maximum absolute atomic E-state index is 16.7. The summed E-state index contributed by atoms with van der Waals surface area (Å²) in [5, 5.41) is 1.50. The van der Waals surface area contributed by atoms with E-state index in [2.05, 4.69) is 26.3 Å². The lowest BCUT2D eigenvalue weighted by Gasteiger charge is -2.41. The highest BCUT2D eigenvalue weighted by molar-refractivity contribution is 6.35. The van der Waals surface area contributed by atoms with Crippen molar-refractivity contribution in [3.05, 3.63) is 82.1 Å². The molecule has 45 heavy (non-hydrogen) atoms. The molecule has 0 spiro atoms. The normalized spacial score (nSPS) is 23.1. The van der Waals surface area contributed by atoms with Crippen molar-refractivity contribution in [1.29, 1.82) is 0 Å². The van der Waals surface area contributed by atoms with Gasteiger partial charge in [-0.15, -0.1) is 0 Å². The summed E-state index contributed by atoms with van der Waals surface area (Å²) in [6, 6.07) is 9.45. The molecular formula is C32H32ClF3N6O3. The Morgan fingerprint density at radius 3 is 2.69 bits per heavy atom. The number of alkyl halides is 2. The van der Waals surface area contributed by atoms with Crippen LogP contribution in [-0.2, 0) is 22.1 Å². The lowest BCUT2D eigenvalue weighted by Crippen LogP contribution is -2.57. The van der Waals surface area contributed by atoms with Gasteiger partial charge in [0.1, 0.15) is 24.2 Å². The summed E-state index contributed by atoms with van der Waals surface area (Å²) in [4.78, 5) is 29.9. The molecule has 0 N–H and O–H groups in total. The third kappa shape index (κ3) is 5.80. The third-order valence-corrected chi connectivity index (χ3v) is 9.14. The largest absolute Gasteiger partial charge is 0.462 e. The van der Waals surface area contributed by atoms with Gasteiger partial charge in [0.15, 0.2) is 11.9 Å². The van der Waals surface area contributed by atoms with Gasteiger partial charge in [-0.25, -0.2) is 11.0 Å². The number of ether oxygens (including phenoxy) is 2. The monoisotopic (exact) mass is 640 g/mol. The molecule has 3 aliphatic heterocycles. The van der Waals surface area contributed by atoms with E-state index in [0.29, 0.717) is 15.8 Å². The number of aromatic nitrogens is 2. The van der Waals surface area contributed by atoms with E-state index in [-0.39, 0.29) is 68.4 Å². The zero-order valence-electron chi connectivity index (χ0n) is 24.7. The first-order valence-corrected chi connectivity index (χ1v) is 15.1. The molecule has 1 amide bonds. The van der Waals surface area contributed by atoms with Crippen LogP contribution in [0.2, 0.25) is 5.02 Å². The molecule has 3 atom stereocenters. The molecule has 3 aliphatic rings. The Balaban J connectivity index is 1.41. The predicted octanol–water partition coefficient (Wildman–Crippen LogP) is 5.54. The van der Waals surface area contributed by atoms with Gasteiger partial charge in [-0.3, -0.25) is 4.79 Å². The molecule has 1 aromatic heterocycles. The average Bonchev–Trinajstić information content (AvgIpc) is 3.44. The van der Waals surface area contributed by atoms with Gasteiger partial charge in [-0.05, 0) is 43.5 Å². The second-order valence-corrected chi connectivity index (χ2v) is 12.0. The molecule has 2 saturated heterocycles. The fourth-order valence-corrected chi connectivity index (χ4v) is 6.79. The minimum atomic E-state index is -3.61. The highest BCUT2D eigenvalue weighted by Gasteiger charge is 2.52. The number of carbonyl (C=O) groups excluding carboxylic acids is 1. The maximum Gasteiger partial charge on any atom is 0.320 e. The number of halogens is 4. The van der Waals surface area contributed by atoms with E-state index in [9.17, 15) is 9.18 Å². The number of anilines is 1. The molecule has 3 aromatic rings. The van der Waals surface area contributed by atoms with Crippen LogP contribution in [0.1, 0.15) is 35.8 Å². The van der Waals surface area contributed by atoms with Crippen LogP contribution in [-0.4, -0.2) is 84.1 Å². The highest BCUT2D eigenvalue weighted by Crippen LogP contribution is 2.51. The zero-order valence-corrected chi connectivity index (χ0v) is 25.4. The first-order valence-electron chi connectivity index (χ1n) is 14.7. The van der Waals surface area contributed by atoms with Crippen LogP contribution in [0.3, 0.4) is 0 Å². The molecule has 4 heterocycles. The molecule has 236 valence electrons. The van der Waals surface area contributed by atoms with E-state index in [1.807, 2.05) is 7.05 Å². The average molecular weight is 641 g/mol. The number of nitrogens with zero attached hydrogens (tertiary/aromatic N) is 6. The summed E-state index contributed by atoms with van der Waals surface area (Å²) in [5.74, 6) is -5.46. The van der Waals surface area contributed by atoms with Crippen LogP contribution < -0.4 is 9.64 Å². The number of likely N-dealkylation sites (tertiary alicyclic amines) is 1. The summed E-state index contributed by atoms with van der Waals surface area (Å²) in [7, 11) is 1.98. The van der Waals surface area contributed by atoms with Crippen LogP contribution in [0.5, 0.6) is 6.01 Å². The number of fused-ring (bicyclic) bond motifs is 2. The standard InChI is InChI=1S/C32H32ClF3N6O3/c1-19(34)30(43)42-14-13-41(16-22(42)15-37-2)29-24-18-44-28(23-10-4-7-20-8-5-11-25(33)26(20)23)32(35,36)27(24)38-31(39-29)45-17-21-9-6-12-40(21)3/h4-5,7-8,10-11,21-22,28H,1,6,9,12-18H2,3H3/t21-,22-,28?/m0/s1. The van der Waals surface area contributed by atoms with Gasteiger partial charge in [0.2, 0.25) is 6.54 Å². The number of likely N-dealkylation sites (N-methyl/N-ethyl adjacent to an activating group) is 1. The summed E-state index contributed by atoms with van der Waals surface area (Å²) in [5.41, 5.74) is -0.191. The quantitative estimate of drug-likeness (QED) is 0.248. The second kappa shape index (κ2) is 12.5. The summed E-state index contributed by atoms with van der Waals surface area (Å²) >= 11 is 6.50. The van der Waals surface area contributed by atoms with E-state index in [4.69, 9.17) is 27.6 Å². The molecule has 0 bridgehead atoms. The summed E-state index contributed by atoms with van der Waals surface area (Å²) < 4.78 is 59.1. The third-order valence-electron chi connectivity index (χ3n) is 8.83. The van der Waals surface area contributed by atoms with Gasteiger partial charge in [-0.2, -0.15) is 18.7 Å². The van der Waals surface area contributed by atoms with Crippen molar-refractivity contribution in [3.63, 3.8) is 0 Å². The van der Waals surface area contributed by atoms with Gasteiger partial charge < -0.3 is 29.0 Å². The smallest absolute Gasteiger partial charge is 0.320 e. The molecule has 13 heteroatoms. The van der Waals surface area contributed by atoms with Crippen molar-refractivity contribution < 1.29 is 27.4 Å². The Kier molecular flexibility index (Phi) is 8.61. The summed E-state index contributed by atoms with van der Waals surface area (Å²) in [6.07, 6.45) is 0.212. The van der Waals surface area contributed by atoms with E-state index in [1.165, 1.54) is 4.90 Å². The lowest BCUT2D eigenvalue weighted by atomic mass is 9.91. The number of rotatable bonds is 7. The minimum absolute atomic E-state index is 0.0399. The Labute approximate surface area is 264 Å². The molecule has 9 nitrogen and oxygen atoms in total. The van der Waals surface area contributed by atoms with Crippen LogP contribution in [0.15, 0.2) is 48.8 Å². The van der Waals surface area contributed by atoms with Gasteiger partial charge in [0.05, 0.1) is 6.61 Å². The number of piperazine rings is 1. The first-order chi connectivity index (χ1) is 21.6. The van der Waals surface area contributed by atoms with Gasteiger partial charge in [0, 0.05) is 41.6 Å². The zero-order chi connectivity index (χ0) is 31.9. The van der Waals surface area contributed by atoms with Crippen LogP contribution in [0, 0.1) is 6.57 Å². The molecule has 0 radical (unpaired) electrons. The van der Waals surface area contributed by atoms with Gasteiger partial charge in [-0.1, -0.05) is 48.5 Å². The number of amides is 1. The van der Waals surface area contributed by atoms with E-state index in [0.717, 1.165) is 19.4 Å². The first kappa shape index (κ1) is 31.1. The van der Waals surface area contributed by atoms with Crippen LogP contribution in [0.25, 0.3) is 15.6 Å². The molecular weight excluding hydrogens is 609 g/mol. The second-order valence-electron chi connectivity index (χ2n) is 11.6. The van der Waals surface area contributed by atoms with Crippen LogP contribution >= 0.6 is 11.6 Å². The molecule has 2 fully saturated rings. The van der Waals surface area contributed by atoms with Gasteiger partial charge in [0.25, 0.3) is 5.91 Å². The molecule has 2 aromatic carbocycles. The van der Waals surface area contributed by atoms with Gasteiger partial charge >= 0.3 is 11.9 Å². The van der Waals surface area contributed by atoms with Crippen molar-refractivity contribution in [2.75, 3.05) is 51.3 Å². The molecule has 0 saturated carbocycles. The van der Waals surface area contributed by atoms with Crippen LogP contribution in [0.4, 0.5) is 19.0 Å². The van der Waals surface area contributed by atoms with E-state index >= 15 is 8.78 Å². The fraction of sp³-hybridized carbons (Fsp3) is 0.438. The Hall–Kier alpha value is -3.92. The fourth-order valence-electron chi connectivity index (χ4n) is 6.50. The number of carbonyl (C=O) groups is 1. The van der Waals surface area contributed by atoms with Crippen molar-refractivity contribution in [3.8, 4) is 6.01 Å². The lowest BCUT2D eigenvalue weighted by molar-refractivity contribution is -0.170. The highest BCUT2D eigenvalue weighted by atomic mass is 35.5. The van der Waals surface area contributed by atoms with Crippen molar-refractivity contribution in [2.24, 2.45) is 0 Å². The van der Waals surface area contributed by atoms with Crippen molar-refractivity contribution >= 4 is 34.1 Å². The maximum atomic E-state index is 16.7. The molecule has 1 unspecified atom stereocenters. The SMILES string of the molecule is [C-]#[N+]C[C@H]1CN(c2nc(OC[C@@H]3CCCN3C)nc3c2COC(c2cccc4cccc(Cl)c24)C3(F)F)CCN1C(=O)C(=C)F. The number of benzene rings is 2. The molecule has 6 rings (SSSR count). The Morgan fingerprint density at radius 2 is 1.98 bits per heavy atom. The topological polar surface area (TPSA) is 75.4 Å². The van der Waals surface area contributed by atoms with Crippen molar-refractivity contribution in [1.82, 2.24) is 19.8 Å². The van der Waals surface area contributed by atoms with Crippen molar-refractivity contribution in [2.45, 2.75) is 43.6 Å². The molecule has 0 aliphatic carbocycles. The summed E-state index contributed by atoms with van der Waals surface area (Å²) in [6.45, 7) is 11.5. The Morgan fingerprint density at radius 1 is 1.20 bits per heavy atom. The van der Waals surface area contributed by atoms with E-state index < -0.39 is 35.5 Å². The van der Waals surface area contributed by atoms with E-state index in [1.54, 1.807) is 41.3 Å². The predicted molar refractivity (Wildman–Crippen MR) is 163 cm³/mol. The number of hydrogen-bond acceptors (Lipinski definition) is 7. The number of hydrogen-bond donors (Lipinski definition) is 0.